The summed E-state index contributed by atoms with van der Waals surface area (Å²) in [5.41, 5.74) is 1.25. The average Bonchev–Trinajstić information content (AvgIpc) is 2.75. The Balaban J connectivity index is 2.40. The molecule has 0 aliphatic carbocycles. The lowest BCUT2D eigenvalue weighted by Gasteiger charge is -2.20. The smallest absolute Gasteiger partial charge is 0.118 e. The summed E-state index contributed by atoms with van der Waals surface area (Å²) in [6, 6.07) is 2.18. The standard InChI is InChI=1S/C16H30N2O/c1-6-18(10-14(4)5)11-16-7-15(12-19-16)9-17-8-13(2)3/h7,12-14,17H,6,8-11H2,1-5H3. The maximum atomic E-state index is 5.65. The van der Waals surface area contributed by atoms with E-state index in [0.717, 1.165) is 38.5 Å². The molecule has 0 unspecified atom stereocenters. The van der Waals surface area contributed by atoms with Crippen LogP contribution >= 0.6 is 0 Å². The fraction of sp³-hybridized carbons (Fsp3) is 0.750. The highest BCUT2D eigenvalue weighted by Crippen LogP contribution is 2.12. The zero-order valence-electron chi connectivity index (χ0n) is 13.2. The number of hydrogen-bond acceptors (Lipinski definition) is 3. The predicted molar refractivity (Wildman–Crippen MR) is 81.0 cm³/mol. The van der Waals surface area contributed by atoms with Crippen LogP contribution in [-0.4, -0.2) is 24.5 Å². The van der Waals surface area contributed by atoms with Crippen molar-refractivity contribution < 1.29 is 4.42 Å². The van der Waals surface area contributed by atoms with Gasteiger partial charge in [-0.25, -0.2) is 0 Å². The number of rotatable bonds is 9. The Morgan fingerprint density at radius 3 is 2.53 bits per heavy atom. The zero-order valence-corrected chi connectivity index (χ0v) is 13.2. The number of nitrogens with zero attached hydrogens (tertiary/aromatic N) is 1. The van der Waals surface area contributed by atoms with E-state index in [9.17, 15) is 0 Å². The maximum Gasteiger partial charge on any atom is 0.118 e. The minimum absolute atomic E-state index is 0.688. The summed E-state index contributed by atoms with van der Waals surface area (Å²) in [6.45, 7) is 16.2. The van der Waals surface area contributed by atoms with E-state index in [1.165, 1.54) is 5.56 Å². The maximum absolute atomic E-state index is 5.65. The summed E-state index contributed by atoms with van der Waals surface area (Å²) < 4.78 is 5.65. The van der Waals surface area contributed by atoms with E-state index in [4.69, 9.17) is 4.42 Å². The topological polar surface area (TPSA) is 28.4 Å². The van der Waals surface area contributed by atoms with Crippen molar-refractivity contribution in [2.45, 2.75) is 47.7 Å². The molecule has 1 aromatic heterocycles. The second-order valence-electron chi connectivity index (χ2n) is 6.17. The average molecular weight is 266 g/mol. The van der Waals surface area contributed by atoms with Gasteiger partial charge in [0.1, 0.15) is 5.76 Å². The Morgan fingerprint density at radius 1 is 1.21 bits per heavy atom. The van der Waals surface area contributed by atoms with Gasteiger partial charge in [-0.3, -0.25) is 4.90 Å². The van der Waals surface area contributed by atoms with Crippen LogP contribution in [0.5, 0.6) is 0 Å². The molecule has 1 rings (SSSR count). The van der Waals surface area contributed by atoms with Crippen molar-refractivity contribution in [3.8, 4) is 0 Å². The molecule has 3 heteroatoms. The molecule has 19 heavy (non-hydrogen) atoms. The van der Waals surface area contributed by atoms with Crippen LogP contribution in [0.15, 0.2) is 16.7 Å². The monoisotopic (exact) mass is 266 g/mol. The van der Waals surface area contributed by atoms with Crippen LogP contribution in [0.3, 0.4) is 0 Å². The molecule has 0 amide bonds. The van der Waals surface area contributed by atoms with Crippen LogP contribution in [0.2, 0.25) is 0 Å². The Hall–Kier alpha value is -0.800. The first-order valence-electron chi connectivity index (χ1n) is 7.50. The van der Waals surface area contributed by atoms with E-state index >= 15 is 0 Å². The molecule has 0 aliphatic rings. The van der Waals surface area contributed by atoms with Crippen molar-refractivity contribution in [2.24, 2.45) is 11.8 Å². The highest BCUT2D eigenvalue weighted by molar-refractivity contribution is 5.12. The van der Waals surface area contributed by atoms with Crippen molar-refractivity contribution in [3.05, 3.63) is 23.7 Å². The van der Waals surface area contributed by atoms with Gasteiger partial charge in [-0.2, -0.15) is 0 Å². The molecule has 1 N–H and O–H groups in total. The van der Waals surface area contributed by atoms with Gasteiger partial charge in [-0.15, -0.1) is 0 Å². The summed E-state index contributed by atoms with van der Waals surface area (Å²) in [5, 5.41) is 3.44. The molecule has 0 saturated heterocycles. The Morgan fingerprint density at radius 2 is 1.95 bits per heavy atom. The van der Waals surface area contributed by atoms with Crippen molar-refractivity contribution >= 4 is 0 Å². The quantitative estimate of drug-likeness (QED) is 0.741. The molecular weight excluding hydrogens is 236 g/mol. The van der Waals surface area contributed by atoms with E-state index in [2.05, 4.69) is 50.9 Å². The van der Waals surface area contributed by atoms with Gasteiger partial charge in [0.25, 0.3) is 0 Å². The minimum atomic E-state index is 0.688. The zero-order chi connectivity index (χ0) is 14.3. The highest BCUT2D eigenvalue weighted by Gasteiger charge is 2.09. The SMILES string of the molecule is CCN(Cc1cc(CNCC(C)C)co1)CC(C)C. The molecule has 0 fully saturated rings. The molecule has 0 atom stereocenters. The van der Waals surface area contributed by atoms with Gasteiger partial charge in [-0.1, -0.05) is 34.6 Å². The minimum Gasteiger partial charge on any atom is -0.468 e. The van der Waals surface area contributed by atoms with Crippen LogP contribution < -0.4 is 5.32 Å². The van der Waals surface area contributed by atoms with E-state index in [1.807, 2.05) is 6.26 Å². The van der Waals surface area contributed by atoms with Crippen molar-refractivity contribution in [1.82, 2.24) is 10.2 Å². The highest BCUT2D eigenvalue weighted by atomic mass is 16.3. The molecular formula is C16H30N2O. The number of hydrogen-bond donors (Lipinski definition) is 1. The Bertz CT molecular complexity index is 344. The van der Waals surface area contributed by atoms with Crippen LogP contribution in [0.1, 0.15) is 45.9 Å². The van der Waals surface area contributed by atoms with Crippen LogP contribution in [0.4, 0.5) is 0 Å². The van der Waals surface area contributed by atoms with Gasteiger partial charge < -0.3 is 9.73 Å². The molecule has 0 spiro atoms. The molecule has 0 bridgehead atoms. The third kappa shape index (κ3) is 6.79. The fourth-order valence-electron chi connectivity index (χ4n) is 2.15. The molecule has 0 aromatic carbocycles. The lowest BCUT2D eigenvalue weighted by molar-refractivity contribution is 0.229. The van der Waals surface area contributed by atoms with Crippen LogP contribution in [0, 0.1) is 11.8 Å². The molecule has 3 nitrogen and oxygen atoms in total. The third-order valence-electron chi connectivity index (χ3n) is 3.04. The first kappa shape index (κ1) is 16.3. The van der Waals surface area contributed by atoms with Crippen molar-refractivity contribution in [1.29, 1.82) is 0 Å². The predicted octanol–water partition coefficient (Wildman–Crippen LogP) is 3.50. The summed E-state index contributed by atoms with van der Waals surface area (Å²) in [4.78, 5) is 2.43. The first-order valence-corrected chi connectivity index (χ1v) is 7.50. The first-order chi connectivity index (χ1) is 9.01. The summed E-state index contributed by atoms with van der Waals surface area (Å²) in [5.74, 6) is 2.46. The van der Waals surface area contributed by atoms with Crippen molar-refractivity contribution in [3.63, 3.8) is 0 Å². The van der Waals surface area contributed by atoms with Gasteiger partial charge in [-0.05, 0) is 31.0 Å². The molecule has 0 aliphatic heterocycles. The third-order valence-corrected chi connectivity index (χ3v) is 3.04. The van der Waals surface area contributed by atoms with Gasteiger partial charge in [0.15, 0.2) is 0 Å². The lowest BCUT2D eigenvalue weighted by atomic mass is 10.2. The van der Waals surface area contributed by atoms with E-state index in [-0.39, 0.29) is 0 Å². The number of nitrogens with one attached hydrogen (secondary N) is 1. The Labute approximate surface area is 118 Å². The molecule has 0 saturated carbocycles. The van der Waals surface area contributed by atoms with Gasteiger partial charge in [0.05, 0.1) is 12.8 Å². The second kappa shape index (κ2) is 8.39. The van der Waals surface area contributed by atoms with Gasteiger partial charge >= 0.3 is 0 Å². The summed E-state index contributed by atoms with van der Waals surface area (Å²) >= 11 is 0. The molecule has 0 radical (unpaired) electrons. The molecule has 110 valence electrons. The molecule has 1 heterocycles. The Kier molecular flexibility index (Phi) is 7.17. The van der Waals surface area contributed by atoms with Crippen molar-refractivity contribution in [2.75, 3.05) is 19.6 Å². The largest absolute Gasteiger partial charge is 0.468 e. The summed E-state index contributed by atoms with van der Waals surface area (Å²) in [7, 11) is 0. The second-order valence-corrected chi connectivity index (χ2v) is 6.17. The van der Waals surface area contributed by atoms with E-state index in [0.29, 0.717) is 11.8 Å². The van der Waals surface area contributed by atoms with Gasteiger partial charge in [0, 0.05) is 18.7 Å². The normalized spacial score (nSPS) is 12.0. The van der Waals surface area contributed by atoms with Crippen LogP contribution in [0.25, 0.3) is 0 Å². The summed E-state index contributed by atoms with van der Waals surface area (Å²) in [6.07, 6.45) is 1.88. The van der Waals surface area contributed by atoms with Gasteiger partial charge in [0.2, 0.25) is 0 Å². The van der Waals surface area contributed by atoms with E-state index < -0.39 is 0 Å². The lowest BCUT2D eigenvalue weighted by Crippen LogP contribution is -2.26. The fourth-order valence-corrected chi connectivity index (χ4v) is 2.15. The van der Waals surface area contributed by atoms with E-state index in [1.54, 1.807) is 0 Å². The van der Waals surface area contributed by atoms with Crippen LogP contribution in [-0.2, 0) is 13.1 Å². The number of furan rings is 1. The molecule has 1 aromatic rings.